The summed E-state index contributed by atoms with van der Waals surface area (Å²) in [7, 11) is 0. The minimum atomic E-state index is 0.933. The summed E-state index contributed by atoms with van der Waals surface area (Å²) in [5.74, 6) is 0. The van der Waals surface area contributed by atoms with E-state index >= 15 is 0 Å². The van der Waals surface area contributed by atoms with Crippen LogP contribution >= 0.6 is 23.5 Å². The number of aromatic nitrogens is 3. The van der Waals surface area contributed by atoms with Crippen molar-refractivity contribution >= 4 is 56.1 Å². The van der Waals surface area contributed by atoms with Gasteiger partial charge in [0, 0.05) is 22.2 Å². The predicted molar refractivity (Wildman–Crippen MR) is 158 cm³/mol. The average Bonchev–Trinajstić information content (AvgIpc) is 2.98. The molecule has 38 heavy (non-hydrogen) atoms. The van der Waals surface area contributed by atoms with Crippen LogP contribution in [-0.4, -0.2) is 15.0 Å². The zero-order valence-electron chi connectivity index (χ0n) is 20.1. The maximum atomic E-state index is 4.94. The second-order valence-corrected chi connectivity index (χ2v) is 11.3. The summed E-state index contributed by atoms with van der Waals surface area (Å²) in [5.41, 5.74) is 6.77. The molecule has 0 N–H and O–H groups in total. The van der Waals surface area contributed by atoms with Crippen LogP contribution in [0.4, 0.5) is 0 Å². The van der Waals surface area contributed by atoms with Gasteiger partial charge in [0.1, 0.15) is 10.1 Å². The number of benzene rings is 5. The van der Waals surface area contributed by atoms with E-state index in [0.717, 1.165) is 21.1 Å². The monoisotopic (exact) mass is 521 g/mol. The topological polar surface area (TPSA) is 38.7 Å². The Labute approximate surface area is 228 Å². The molecule has 0 aliphatic carbocycles. The Balaban J connectivity index is 1.35. The second kappa shape index (κ2) is 8.69. The van der Waals surface area contributed by atoms with Crippen LogP contribution in [0.15, 0.2) is 135 Å². The van der Waals surface area contributed by atoms with Gasteiger partial charge in [0.05, 0.1) is 11.0 Å². The first-order valence-corrected chi connectivity index (χ1v) is 14.1. The number of pyridine rings is 1. The van der Waals surface area contributed by atoms with Gasteiger partial charge < -0.3 is 0 Å². The van der Waals surface area contributed by atoms with Crippen molar-refractivity contribution < 1.29 is 0 Å². The highest BCUT2D eigenvalue weighted by Gasteiger charge is 2.23. The molecule has 0 radical (unpaired) electrons. The van der Waals surface area contributed by atoms with Crippen LogP contribution in [0, 0.1) is 0 Å². The zero-order valence-corrected chi connectivity index (χ0v) is 21.8. The smallest absolute Gasteiger partial charge is 0.134 e. The lowest BCUT2D eigenvalue weighted by Gasteiger charge is -2.20. The largest absolute Gasteiger partial charge is 0.265 e. The van der Waals surface area contributed by atoms with Gasteiger partial charge in [-0.3, -0.25) is 4.98 Å². The third kappa shape index (κ3) is 3.43. The van der Waals surface area contributed by atoms with E-state index in [0.29, 0.717) is 0 Å². The van der Waals surface area contributed by atoms with Gasteiger partial charge in [-0.15, -0.1) is 0 Å². The first kappa shape index (κ1) is 21.9. The van der Waals surface area contributed by atoms with Crippen molar-refractivity contribution in [2.45, 2.75) is 19.8 Å². The molecule has 0 spiro atoms. The molecule has 0 saturated carbocycles. The Bertz CT molecular complexity index is 1980. The van der Waals surface area contributed by atoms with E-state index in [2.05, 4.69) is 83.8 Å². The van der Waals surface area contributed by atoms with E-state index in [1.807, 2.05) is 36.7 Å². The summed E-state index contributed by atoms with van der Waals surface area (Å²) < 4.78 is 0. The molecule has 2 aromatic heterocycles. The number of hydrogen-bond donors (Lipinski definition) is 0. The number of rotatable bonds is 2. The van der Waals surface area contributed by atoms with E-state index < -0.39 is 0 Å². The summed E-state index contributed by atoms with van der Waals surface area (Å²) in [6.45, 7) is 0. The Morgan fingerprint density at radius 2 is 0.947 bits per heavy atom. The minimum absolute atomic E-state index is 0.933. The quantitative estimate of drug-likeness (QED) is 0.212. The molecule has 8 rings (SSSR count). The lowest BCUT2D eigenvalue weighted by molar-refractivity contribution is 0.953. The second-order valence-electron chi connectivity index (χ2n) is 9.27. The SMILES string of the molecule is c1ccc2nc3c(nc2c1)Sc1ccc(-c2c4ccccc4c(-c4ccncc4)c4ccccc24)cc1S3. The van der Waals surface area contributed by atoms with Gasteiger partial charge in [0.25, 0.3) is 0 Å². The van der Waals surface area contributed by atoms with Crippen LogP contribution in [0.3, 0.4) is 0 Å². The first-order chi connectivity index (χ1) is 18.8. The van der Waals surface area contributed by atoms with Crippen LogP contribution < -0.4 is 0 Å². The number of para-hydroxylation sites is 2. The van der Waals surface area contributed by atoms with Gasteiger partial charge in [0.15, 0.2) is 0 Å². The maximum absolute atomic E-state index is 4.94. The van der Waals surface area contributed by atoms with E-state index in [-0.39, 0.29) is 0 Å². The molecule has 1 aliphatic heterocycles. The van der Waals surface area contributed by atoms with Crippen molar-refractivity contribution in [1.82, 2.24) is 15.0 Å². The summed E-state index contributed by atoms with van der Waals surface area (Å²) in [5, 5.41) is 6.94. The summed E-state index contributed by atoms with van der Waals surface area (Å²) in [6.07, 6.45) is 3.74. The van der Waals surface area contributed by atoms with E-state index in [9.17, 15) is 0 Å². The lowest BCUT2D eigenvalue weighted by Crippen LogP contribution is -1.97. The first-order valence-electron chi connectivity index (χ1n) is 12.4. The molecule has 0 atom stereocenters. The van der Waals surface area contributed by atoms with Crippen molar-refractivity contribution in [3.05, 3.63) is 116 Å². The van der Waals surface area contributed by atoms with Gasteiger partial charge in [-0.05, 0) is 80.2 Å². The fourth-order valence-electron chi connectivity index (χ4n) is 5.41. The van der Waals surface area contributed by atoms with Crippen LogP contribution in [-0.2, 0) is 0 Å². The Kier molecular flexibility index (Phi) is 5.00. The zero-order chi connectivity index (χ0) is 25.1. The van der Waals surface area contributed by atoms with Crippen molar-refractivity contribution in [2.24, 2.45) is 0 Å². The molecule has 0 amide bonds. The highest BCUT2D eigenvalue weighted by atomic mass is 32.2. The predicted octanol–water partition coefficient (Wildman–Crippen LogP) is 9.28. The standard InChI is InChI=1S/C33H19N3S2/c1-3-9-24-22(7-1)30(20-15-17-34-18-16-20)23-8-2-4-10-25(23)31(24)21-13-14-28-29(19-21)38-33-32(37-28)35-26-11-5-6-12-27(26)36-33/h1-19H. The normalized spacial score (nSPS) is 12.5. The highest BCUT2D eigenvalue weighted by molar-refractivity contribution is 8.05. The molecule has 5 heteroatoms. The maximum Gasteiger partial charge on any atom is 0.134 e. The molecular formula is C33H19N3S2. The molecule has 3 heterocycles. The lowest BCUT2D eigenvalue weighted by atomic mass is 9.86. The van der Waals surface area contributed by atoms with E-state index in [1.54, 1.807) is 23.5 Å². The van der Waals surface area contributed by atoms with E-state index in [4.69, 9.17) is 9.97 Å². The van der Waals surface area contributed by atoms with Crippen molar-refractivity contribution in [2.75, 3.05) is 0 Å². The summed E-state index contributed by atoms with van der Waals surface area (Å²) >= 11 is 3.42. The average molecular weight is 522 g/mol. The molecule has 178 valence electrons. The van der Waals surface area contributed by atoms with Gasteiger partial charge >= 0.3 is 0 Å². The van der Waals surface area contributed by atoms with Gasteiger partial charge in [-0.1, -0.05) is 90.3 Å². The fourth-order valence-corrected chi connectivity index (χ4v) is 7.53. The van der Waals surface area contributed by atoms with Gasteiger partial charge in [0.2, 0.25) is 0 Å². The van der Waals surface area contributed by atoms with Crippen LogP contribution in [0.25, 0.3) is 54.8 Å². The Morgan fingerprint density at radius 1 is 0.447 bits per heavy atom. The molecule has 0 unspecified atom stereocenters. The number of fused-ring (bicyclic) bond motifs is 5. The molecule has 0 saturated heterocycles. The third-order valence-corrected chi connectivity index (χ3v) is 9.40. The van der Waals surface area contributed by atoms with Gasteiger partial charge in [-0.2, -0.15) is 0 Å². The third-order valence-electron chi connectivity index (χ3n) is 7.05. The van der Waals surface area contributed by atoms with Crippen LogP contribution in [0.2, 0.25) is 0 Å². The van der Waals surface area contributed by atoms with Crippen molar-refractivity contribution in [3.63, 3.8) is 0 Å². The van der Waals surface area contributed by atoms with Crippen LogP contribution in [0.1, 0.15) is 0 Å². The molecule has 5 aromatic carbocycles. The minimum Gasteiger partial charge on any atom is -0.265 e. The molecule has 0 bridgehead atoms. The van der Waals surface area contributed by atoms with E-state index in [1.165, 1.54) is 53.6 Å². The summed E-state index contributed by atoms with van der Waals surface area (Å²) in [4.78, 5) is 16.5. The fraction of sp³-hybridized carbons (Fsp3) is 0. The molecule has 7 aromatic rings. The molecule has 0 fully saturated rings. The molecule has 3 nitrogen and oxygen atoms in total. The molecular weight excluding hydrogens is 503 g/mol. The highest BCUT2D eigenvalue weighted by Crippen LogP contribution is 2.50. The number of nitrogens with zero attached hydrogens (tertiary/aromatic N) is 3. The van der Waals surface area contributed by atoms with Crippen molar-refractivity contribution in [3.8, 4) is 22.3 Å². The molecule has 1 aliphatic rings. The van der Waals surface area contributed by atoms with Crippen LogP contribution in [0.5, 0.6) is 0 Å². The van der Waals surface area contributed by atoms with Crippen molar-refractivity contribution in [1.29, 1.82) is 0 Å². The number of hydrogen-bond acceptors (Lipinski definition) is 5. The Hall–Kier alpha value is -4.19. The Morgan fingerprint density at radius 3 is 1.53 bits per heavy atom. The van der Waals surface area contributed by atoms with Gasteiger partial charge in [-0.25, -0.2) is 9.97 Å². The summed E-state index contributed by atoms with van der Waals surface area (Å²) in [6, 6.07) is 36.6.